The van der Waals surface area contributed by atoms with Crippen molar-refractivity contribution >= 4 is 11.7 Å². The largest absolute Gasteiger partial charge is 0.487 e. The van der Waals surface area contributed by atoms with Gasteiger partial charge in [0, 0.05) is 18.9 Å². The molecule has 1 amide bonds. The Hall–Kier alpha value is -2.89. The van der Waals surface area contributed by atoms with Crippen LogP contribution in [-0.2, 0) is 11.3 Å². The summed E-state index contributed by atoms with van der Waals surface area (Å²) in [6, 6.07) is 8.83. The van der Waals surface area contributed by atoms with Crippen molar-refractivity contribution in [2.45, 2.75) is 51.9 Å². The Labute approximate surface area is 158 Å². The van der Waals surface area contributed by atoms with Gasteiger partial charge in [0.1, 0.15) is 17.1 Å². The van der Waals surface area contributed by atoms with Crippen molar-refractivity contribution in [3.05, 3.63) is 53.9 Å². The second-order valence-corrected chi connectivity index (χ2v) is 7.21. The van der Waals surface area contributed by atoms with Gasteiger partial charge in [-0.2, -0.15) is 0 Å². The molecule has 0 saturated heterocycles. The second kappa shape index (κ2) is 7.78. The highest BCUT2D eigenvalue weighted by atomic mass is 16.5. The molecular formula is C21H24N2O4. The quantitative estimate of drug-likeness (QED) is 0.846. The second-order valence-electron chi connectivity index (χ2n) is 7.21. The molecule has 1 unspecified atom stereocenters. The van der Waals surface area contributed by atoms with Crippen molar-refractivity contribution in [2.75, 3.05) is 0 Å². The Kier molecular flexibility index (Phi) is 5.44. The number of aromatic nitrogens is 1. The van der Waals surface area contributed by atoms with Crippen LogP contribution in [0.15, 0.2) is 42.7 Å². The van der Waals surface area contributed by atoms with Gasteiger partial charge in [0.05, 0.1) is 12.0 Å². The zero-order valence-electron chi connectivity index (χ0n) is 15.8. The molecule has 0 spiro atoms. The highest BCUT2D eigenvalue weighted by Gasteiger charge is 2.33. The van der Waals surface area contributed by atoms with Gasteiger partial charge in [-0.1, -0.05) is 13.0 Å². The zero-order chi connectivity index (χ0) is 19.4. The van der Waals surface area contributed by atoms with Gasteiger partial charge in [-0.25, -0.2) is 0 Å². The van der Waals surface area contributed by atoms with Crippen LogP contribution in [0.2, 0.25) is 0 Å². The molecule has 27 heavy (non-hydrogen) atoms. The Bertz CT molecular complexity index is 833. The van der Waals surface area contributed by atoms with Gasteiger partial charge < -0.3 is 14.8 Å². The SMILES string of the molecule is CCC(Oc1ccc2c(c1)C(=O)CC(C)(C)O2)C(=O)NCc1cccnc1. The van der Waals surface area contributed by atoms with E-state index in [1.54, 1.807) is 30.6 Å². The van der Waals surface area contributed by atoms with Crippen molar-refractivity contribution in [1.29, 1.82) is 0 Å². The molecule has 1 aromatic carbocycles. The van der Waals surface area contributed by atoms with E-state index in [0.717, 1.165) is 5.56 Å². The lowest BCUT2D eigenvalue weighted by Crippen LogP contribution is -2.38. The van der Waals surface area contributed by atoms with Crippen molar-refractivity contribution in [2.24, 2.45) is 0 Å². The van der Waals surface area contributed by atoms with E-state index >= 15 is 0 Å². The molecule has 6 nitrogen and oxygen atoms in total. The fraction of sp³-hybridized carbons (Fsp3) is 0.381. The number of carbonyl (C=O) groups is 2. The summed E-state index contributed by atoms with van der Waals surface area (Å²) in [6.45, 7) is 6.04. The molecule has 2 aromatic rings. The number of nitrogens with zero attached hydrogens (tertiary/aromatic N) is 1. The number of nitrogens with one attached hydrogen (secondary N) is 1. The molecule has 0 radical (unpaired) electrons. The number of carbonyl (C=O) groups excluding carboxylic acids is 2. The summed E-state index contributed by atoms with van der Waals surface area (Å²) in [5.74, 6) is 0.843. The summed E-state index contributed by atoms with van der Waals surface area (Å²) in [4.78, 5) is 28.9. The van der Waals surface area contributed by atoms with Crippen molar-refractivity contribution < 1.29 is 19.1 Å². The van der Waals surface area contributed by atoms with Crippen molar-refractivity contribution in [3.8, 4) is 11.5 Å². The molecule has 2 heterocycles. The van der Waals surface area contributed by atoms with Gasteiger partial charge in [0.15, 0.2) is 11.9 Å². The average Bonchev–Trinajstić information content (AvgIpc) is 2.64. The summed E-state index contributed by atoms with van der Waals surface area (Å²) >= 11 is 0. The Morgan fingerprint density at radius 1 is 1.37 bits per heavy atom. The van der Waals surface area contributed by atoms with Gasteiger partial charge in [-0.05, 0) is 50.1 Å². The minimum atomic E-state index is -0.643. The minimum Gasteiger partial charge on any atom is -0.487 e. The van der Waals surface area contributed by atoms with Crippen LogP contribution in [0.1, 0.15) is 49.5 Å². The van der Waals surface area contributed by atoms with Gasteiger partial charge in [-0.3, -0.25) is 14.6 Å². The van der Waals surface area contributed by atoms with E-state index in [1.807, 2.05) is 32.9 Å². The highest BCUT2D eigenvalue weighted by molar-refractivity contribution is 6.00. The molecule has 1 N–H and O–H groups in total. The number of rotatable bonds is 6. The third kappa shape index (κ3) is 4.64. The van der Waals surface area contributed by atoms with Crippen molar-refractivity contribution in [3.63, 3.8) is 0 Å². The molecule has 1 aliphatic rings. The Morgan fingerprint density at radius 3 is 2.89 bits per heavy atom. The van der Waals surface area contributed by atoms with Gasteiger partial charge in [-0.15, -0.1) is 0 Å². The fourth-order valence-electron chi connectivity index (χ4n) is 3.00. The first-order valence-electron chi connectivity index (χ1n) is 9.07. The van der Waals surface area contributed by atoms with E-state index in [9.17, 15) is 9.59 Å². The van der Waals surface area contributed by atoms with E-state index in [1.165, 1.54) is 0 Å². The van der Waals surface area contributed by atoms with Crippen LogP contribution in [0.25, 0.3) is 0 Å². The third-order valence-corrected chi connectivity index (χ3v) is 4.36. The van der Waals surface area contributed by atoms with Crippen LogP contribution in [0.5, 0.6) is 11.5 Å². The monoisotopic (exact) mass is 368 g/mol. The fourth-order valence-corrected chi connectivity index (χ4v) is 3.00. The summed E-state index contributed by atoms with van der Waals surface area (Å²) in [5.41, 5.74) is 0.905. The molecule has 142 valence electrons. The molecule has 1 aromatic heterocycles. The number of pyridine rings is 1. The number of hydrogen-bond acceptors (Lipinski definition) is 5. The molecule has 0 fully saturated rings. The maximum Gasteiger partial charge on any atom is 0.261 e. The van der Waals surface area contributed by atoms with E-state index in [0.29, 0.717) is 36.4 Å². The smallest absolute Gasteiger partial charge is 0.261 e. The summed E-state index contributed by atoms with van der Waals surface area (Å²) in [6.07, 6.45) is 3.57. The lowest BCUT2D eigenvalue weighted by Gasteiger charge is -2.31. The molecule has 0 aliphatic carbocycles. The maximum atomic E-state index is 12.4. The van der Waals surface area contributed by atoms with E-state index in [2.05, 4.69) is 10.3 Å². The van der Waals surface area contributed by atoms with Crippen LogP contribution in [0.4, 0.5) is 0 Å². The predicted octanol–water partition coefficient (Wildman–Crippen LogP) is 3.30. The first kappa shape index (κ1) is 18.9. The number of ether oxygens (including phenoxy) is 2. The van der Waals surface area contributed by atoms with E-state index < -0.39 is 11.7 Å². The topological polar surface area (TPSA) is 77.5 Å². The molecule has 0 saturated carbocycles. The molecule has 1 atom stereocenters. The number of Topliss-reactive ketones (excluding diaryl/α,β-unsaturated/α-hetero) is 1. The number of ketones is 1. The summed E-state index contributed by atoms with van der Waals surface area (Å²) in [7, 11) is 0. The average molecular weight is 368 g/mol. The normalized spacial score (nSPS) is 16.0. The Balaban J connectivity index is 1.67. The molecule has 6 heteroatoms. The third-order valence-electron chi connectivity index (χ3n) is 4.36. The summed E-state index contributed by atoms with van der Waals surface area (Å²) < 4.78 is 11.7. The van der Waals surface area contributed by atoms with Gasteiger partial charge in [0.2, 0.25) is 0 Å². The van der Waals surface area contributed by atoms with Gasteiger partial charge >= 0.3 is 0 Å². The molecular weight excluding hydrogens is 344 g/mol. The zero-order valence-corrected chi connectivity index (χ0v) is 15.8. The van der Waals surface area contributed by atoms with E-state index in [-0.39, 0.29) is 11.7 Å². The van der Waals surface area contributed by atoms with Crippen LogP contribution in [0, 0.1) is 0 Å². The highest BCUT2D eigenvalue weighted by Crippen LogP contribution is 2.35. The van der Waals surface area contributed by atoms with Crippen LogP contribution >= 0.6 is 0 Å². The first-order chi connectivity index (χ1) is 12.9. The first-order valence-corrected chi connectivity index (χ1v) is 9.07. The molecule has 0 bridgehead atoms. The number of amides is 1. The van der Waals surface area contributed by atoms with Crippen LogP contribution in [-0.4, -0.2) is 28.4 Å². The number of fused-ring (bicyclic) bond motifs is 1. The number of hydrogen-bond donors (Lipinski definition) is 1. The maximum absolute atomic E-state index is 12.4. The van der Waals surface area contributed by atoms with Crippen LogP contribution < -0.4 is 14.8 Å². The van der Waals surface area contributed by atoms with Crippen LogP contribution in [0.3, 0.4) is 0 Å². The van der Waals surface area contributed by atoms with E-state index in [4.69, 9.17) is 9.47 Å². The molecule has 1 aliphatic heterocycles. The predicted molar refractivity (Wildman–Crippen MR) is 101 cm³/mol. The molecule has 3 rings (SSSR count). The Morgan fingerprint density at radius 2 is 2.19 bits per heavy atom. The van der Waals surface area contributed by atoms with Gasteiger partial charge in [0.25, 0.3) is 5.91 Å². The lowest BCUT2D eigenvalue weighted by molar-refractivity contribution is -0.128. The number of benzene rings is 1. The summed E-state index contributed by atoms with van der Waals surface area (Å²) in [5, 5.41) is 2.86. The lowest BCUT2D eigenvalue weighted by atomic mass is 9.93. The van der Waals surface area contributed by atoms with Crippen molar-refractivity contribution in [1.82, 2.24) is 10.3 Å². The standard InChI is InChI=1S/C21H24N2O4/c1-4-18(20(25)23-13-14-6-5-9-22-12-14)26-15-7-8-19-16(10-15)17(24)11-21(2,3)27-19/h5-10,12,18H,4,11,13H2,1-3H3,(H,23,25). The minimum absolute atomic E-state index is 0.0146.